The maximum Gasteiger partial charge on any atom is 0.249 e. The molecule has 2 atom stereocenters. The van der Waals surface area contributed by atoms with Crippen molar-refractivity contribution in [1.29, 1.82) is 0 Å². The molecule has 2 saturated heterocycles. The van der Waals surface area contributed by atoms with Crippen molar-refractivity contribution in [3.05, 3.63) is 0 Å². The zero-order valence-electron chi connectivity index (χ0n) is 7.86. The second-order valence-corrected chi connectivity index (χ2v) is 3.66. The number of amides is 1. The average molecular weight is 185 g/mol. The summed E-state index contributed by atoms with van der Waals surface area (Å²) in [5.41, 5.74) is 0. The van der Waals surface area contributed by atoms with Gasteiger partial charge in [0.05, 0.1) is 25.3 Å². The number of hydrogen-bond donors (Lipinski definition) is 0. The number of fused-ring (bicyclic) bond motifs is 2. The van der Waals surface area contributed by atoms with Crippen LogP contribution in [0.15, 0.2) is 0 Å². The monoisotopic (exact) mass is 185 g/mol. The molecule has 0 saturated carbocycles. The lowest BCUT2D eigenvalue weighted by Crippen LogP contribution is -2.50. The number of nitrogens with zero attached hydrogens (tertiary/aromatic N) is 1. The lowest BCUT2D eigenvalue weighted by Gasteiger charge is -2.34. The number of rotatable bonds is 2. The molecule has 4 nitrogen and oxygen atoms in total. The van der Waals surface area contributed by atoms with Crippen LogP contribution in [0.3, 0.4) is 0 Å². The van der Waals surface area contributed by atoms with Crippen molar-refractivity contribution < 1.29 is 14.3 Å². The van der Waals surface area contributed by atoms with E-state index in [1.54, 1.807) is 7.11 Å². The maximum atomic E-state index is 11.6. The van der Waals surface area contributed by atoms with Crippen molar-refractivity contribution in [3.63, 3.8) is 0 Å². The van der Waals surface area contributed by atoms with Crippen molar-refractivity contribution in [2.45, 2.75) is 24.9 Å². The second-order valence-electron chi connectivity index (χ2n) is 3.66. The van der Waals surface area contributed by atoms with Gasteiger partial charge in [0.25, 0.3) is 0 Å². The summed E-state index contributed by atoms with van der Waals surface area (Å²) >= 11 is 0. The van der Waals surface area contributed by atoms with Crippen LogP contribution in [0, 0.1) is 0 Å². The molecule has 0 spiro atoms. The van der Waals surface area contributed by atoms with E-state index >= 15 is 0 Å². The molecule has 4 heteroatoms. The lowest BCUT2D eigenvalue weighted by atomic mass is 10.2. The molecule has 0 unspecified atom stereocenters. The Balaban J connectivity index is 2.02. The first-order valence-electron chi connectivity index (χ1n) is 4.70. The first-order chi connectivity index (χ1) is 6.33. The molecule has 2 fully saturated rings. The summed E-state index contributed by atoms with van der Waals surface area (Å²) in [6.07, 6.45) is 2.17. The highest BCUT2D eigenvalue weighted by Gasteiger charge is 2.39. The van der Waals surface area contributed by atoms with E-state index in [2.05, 4.69) is 0 Å². The maximum absolute atomic E-state index is 11.6. The zero-order chi connectivity index (χ0) is 9.26. The van der Waals surface area contributed by atoms with E-state index in [9.17, 15) is 4.79 Å². The van der Waals surface area contributed by atoms with Crippen molar-refractivity contribution in [1.82, 2.24) is 4.90 Å². The molecular formula is C9H15NO3. The minimum atomic E-state index is 0.110. The van der Waals surface area contributed by atoms with E-state index in [1.807, 2.05) is 4.90 Å². The molecule has 1 amide bonds. The van der Waals surface area contributed by atoms with Crippen LogP contribution in [0.25, 0.3) is 0 Å². The molecule has 2 bridgehead atoms. The number of carbonyl (C=O) groups is 1. The van der Waals surface area contributed by atoms with Gasteiger partial charge in [-0.25, -0.2) is 0 Å². The van der Waals surface area contributed by atoms with Crippen molar-refractivity contribution in [2.24, 2.45) is 0 Å². The Morgan fingerprint density at radius 3 is 2.62 bits per heavy atom. The number of carbonyl (C=O) groups excluding carboxylic acids is 1. The van der Waals surface area contributed by atoms with Gasteiger partial charge in [-0.05, 0) is 12.8 Å². The molecule has 0 N–H and O–H groups in total. The van der Waals surface area contributed by atoms with Gasteiger partial charge >= 0.3 is 0 Å². The van der Waals surface area contributed by atoms with Gasteiger partial charge in [0, 0.05) is 7.11 Å². The van der Waals surface area contributed by atoms with Crippen molar-refractivity contribution in [2.75, 3.05) is 26.9 Å². The molecule has 2 heterocycles. The van der Waals surface area contributed by atoms with Gasteiger partial charge in [0.1, 0.15) is 6.61 Å². The molecule has 0 aromatic rings. The Kier molecular flexibility index (Phi) is 2.51. The molecule has 74 valence electrons. The van der Waals surface area contributed by atoms with Crippen LogP contribution in [-0.4, -0.2) is 49.8 Å². The normalized spacial score (nSPS) is 32.2. The summed E-state index contributed by atoms with van der Waals surface area (Å²) in [5.74, 6) is 0.110. The van der Waals surface area contributed by atoms with E-state index in [4.69, 9.17) is 9.47 Å². The summed E-state index contributed by atoms with van der Waals surface area (Å²) < 4.78 is 10.2. The Morgan fingerprint density at radius 1 is 1.46 bits per heavy atom. The predicted molar refractivity (Wildman–Crippen MR) is 46.4 cm³/mol. The topological polar surface area (TPSA) is 38.8 Å². The Labute approximate surface area is 77.8 Å². The fraction of sp³-hybridized carbons (Fsp3) is 0.889. The summed E-state index contributed by atoms with van der Waals surface area (Å²) in [5, 5.41) is 0. The minimum absolute atomic E-state index is 0.110. The summed E-state index contributed by atoms with van der Waals surface area (Å²) in [4.78, 5) is 13.6. The van der Waals surface area contributed by atoms with Gasteiger partial charge in [-0.1, -0.05) is 0 Å². The highest BCUT2D eigenvalue weighted by molar-refractivity contribution is 5.78. The third kappa shape index (κ3) is 1.56. The quantitative estimate of drug-likeness (QED) is 0.609. The van der Waals surface area contributed by atoms with Gasteiger partial charge in [-0.2, -0.15) is 0 Å². The molecule has 13 heavy (non-hydrogen) atoms. The molecule has 2 aliphatic heterocycles. The molecular weight excluding hydrogens is 170 g/mol. The molecule has 0 aromatic heterocycles. The number of methoxy groups -OCH3 is 1. The number of ether oxygens (including phenoxy) is 2. The van der Waals surface area contributed by atoms with Gasteiger partial charge < -0.3 is 14.4 Å². The first-order valence-corrected chi connectivity index (χ1v) is 4.70. The third-order valence-corrected chi connectivity index (χ3v) is 2.80. The predicted octanol–water partition coefficient (Wildman–Crippen LogP) is 0.0226. The van der Waals surface area contributed by atoms with E-state index in [0.29, 0.717) is 25.3 Å². The van der Waals surface area contributed by atoms with Crippen molar-refractivity contribution >= 4 is 5.91 Å². The van der Waals surface area contributed by atoms with Crippen molar-refractivity contribution in [3.8, 4) is 0 Å². The first kappa shape index (κ1) is 8.97. The van der Waals surface area contributed by atoms with E-state index < -0.39 is 0 Å². The smallest absolute Gasteiger partial charge is 0.249 e. The van der Waals surface area contributed by atoms with Crippen LogP contribution in [-0.2, 0) is 14.3 Å². The van der Waals surface area contributed by atoms with Crippen LogP contribution in [0.4, 0.5) is 0 Å². The molecule has 0 aromatic carbocycles. The summed E-state index contributed by atoms with van der Waals surface area (Å²) in [6.45, 7) is 1.60. The second kappa shape index (κ2) is 3.64. The number of hydrogen-bond acceptors (Lipinski definition) is 3. The molecule has 2 rings (SSSR count). The third-order valence-electron chi connectivity index (χ3n) is 2.80. The summed E-state index contributed by atoms with van der Waals surface area (Å²) in [7, 11) is 1.56. The highest BCUT2D eigenvalue weighted by Crippen LogP contribution is 2.28. The van der Waals surface area contributed by atoms with E-state index in [0.717, 1.165) is 12.8 Å². The van der Waals surface area contributed by atoms with Crippen LogP contribution in [0.1, 0.15) is 12.8 Å². The standard InChI is InChI=1S/C9H15NO3/c1-12-6-9(11)10-7-2-3-8(10)5-13-4-7/h7-8H,2-6H2,1H3/t7-,8-/m0/s1. The van der Waals surface area contributed by atoms with Gasteiger partial charge in [0.2, 0.25) is 5.91 Å². The molecule has 2 aliphatic rings. The van der Waals surface area contributed by atoms with Crippen LogP contribution in [0.2, 0.25) is 0 Å². The van der Waals surface area contributed by atoms with Gasteiger partial charge in [-0.3, -0.25) is 4.79 Å². The zero-order valence-corrected chi connectivity index (χ0v) is 7.86. The van der Waals surface area contributed by atoms with Crippen LogP contribution < -0.4 is 0 Å². The SMILES string of the molecule is COCC(=O)N1[C@H]2CC[C@H]1COC2. The largest absolute Gasteiger partial charge is 0.377 e. The highest BCUT2D eigenvalue weighted by atomic mass is 16.5. The molecule has 0 radical (unpaired) electrons. The van der Waals surface area contributed by atoms with Gasteiger partial charge in [0.15, 0.2) is 0 Å². The number of morpholine rings is 1. The minimum Gasteiger partial charge on any atom is -0.377 e. The summed E-state index contributed by atoms with van der Waals surface area (Å²) in [6, 6.07) is 0.614. The van der Waals surface area contributed by atoms with Gasteiger partial charge in [-0.15, -0.1) is 0 Å². The molecule has 0 aliphatic carbocycles. The Hall–Kier alpha value is -0.610. The average Bonchev–Trinajstić information content (AvgIpc) is 2.37. The Morgan fingerprint density at radius 2 is 2.08 bits per heavy atom. The fourth-order valence-electron chi connectivity index (χ4n) is 2.23. The lowest BCUT2D eigenvalue weighted by molar-refractivity contribution is -0.144. The van der Waals surface area contributed by atoms with Crippen LogP contribution >= 0.6 is 0 Å². The van der Waals surface area contributed by atoms with Crippen LogP contribution in [0.5, 0.6) is 0 Å². The Bertz CT molecular complexity index is 191. The van der Waals surface area contributed by atoms with E-state index in [-0.39, 0.29) is 12.5 Å². The fourth-order valence-corrected chi connectivity index (χ4v) is 2.23. The van der Waals surface area contributed by atoms with E-state index in [1.165, 1.54) is 0 Å².